The molecule has 0 aliphatic heterocycles. The Bertz CT molecular complexity index is 518. The molecule has 2 aromatic rings. The van der Waals surface area contributed by atoms with Gasteiger partial charge in [-0.3, -0.25) is 4.98 Å². The zero-order valence-electron chi connectivity index (χ0n) is 11.0. The summed E-state index contributed by atoms with van der Waals surface area (Å²) >= 11 is 0. The highest BCUT2D eigenvalue weighted by Crippen LogP contribution is 2.22. The van der Waals surface area contributed by atoms with Crippen LogP contribution in [0.1, 0.15) is 15.4 Å². The molecule has 0 fully saturated rings. The number of nitrogens with zero attached hydrogens (tertiary/aromatic N) is 1. The molecule has 70 valence electrons. The van der Waals surface area contributed by atoms with Crippen molar-refractivity contribution in [3.8, 4) is 11.1 Å². The van der Waals surface area contributed by atoms with Gasteiger partial charge in [0.2, 0.25) is 0 Å². The molecule has 0 saturated carbocycles. The predicted octanol–water partition coefficient (Wildman–Crippen LogP) is 3.37. The second-order valence-electron chi connectivity index (χ2n) is 3.24. The van der Waals surface area contributed by atoms with Crippen LogP contribution in [0.15, 0.2) is 42.6 Å². The maximum Gasteiger partial charge on any atom is 0.0375 e. The third-order valence-corrected chi connectivity index (χ3v) is 2.13. The first-order valence-corrected chi connectivity index (χ1v) is 4.51. The summed E-state index contributed by atoms with van der Waals surface area (Å²) < 4.78 is 22.7. The number of pyridine rings is 1. The Balaban J connectivity index is 2.63. The third-order valence-electron chi connectivity index (χ3n) is 2.13. The van der Waals surface area contributed by atoms with Crippen LogP contribution in [0.25, 0.3) is 11.1 Å². The average Bonchev–Trinajstić information content (AvgIpc) is 2.29. The summed E-state index contributed by atoms with van der Waals surface area (Å²) in [6.07, 6.45) is 1.63. The van der Waals surface area contributed by atoms with E-state index >= 15 is 0 Å². The lowest BCUT2D eigenvalue weighted by atomic mass is 10.0. The molecule has 1 aromatic carbocycles. The highest BCUT2D eigenvalue weighted by Gasteiger charge is 2.00. The van der Waals surface area contributed by atoms with Gasteiger partial charge in [-0.05, 0) is 31.0 Å². The fourth-order valence-corrected chi connectivity index (χ4v) is 1.41. The highest BCUT2D eigenvalue weighted by atomic mass is 14.7. The summed E-state index contributed by atoms with van der Waals surface area (Å²) in [4.78, 5) is 4.18. The van der Waals surface area contributed by atoms with E-state index in [1.54, 1.807) is 19.2 Å². The monoisotopic (exact) mass is 186 g/mol. The van der Waals surface area contributed by atoms with Crippen molar-refractivity contribution in [2.24, 2.45) is 0 Å². The van der Waals surface area contributed by atoms with Gasteiger partial charge in [0.05, 0.1) is 0 Å². The van der Waals surface area contributed by atoms with E-state index in [1.165, 1.54) is 0 Å². The molecule has 0 spiro atoms. The summed E-state index contributed by atoms with van der Waals surface area (Å²) in [5, 5.41) is 0. The van der Waals surface area contributed by atoms with E-state index in [9.17, 15) is 0 Å². The first-order valence-electron chi connectivity index (χ1n) is 6.01. The number of rotatable bonds is 1. The average molecular weight is 186 g/mol. The lowest BCUT2D eigenvalue weighted by molar-refractivity contribution is 1.18. The number of hydrogen-bond acceptors (Lipinski definition) is 1. The minimum Gasteiger partial charge on any atom is -0.261 e. The molecule has 14 heavy (non-hydrogen) atoms. The van der Waals surface area contributed by atoms with Crippen molar-refractivity contribution in [2.75, 3.05) is 0 Å². The van der Waals surface area contributed by atoms with Crippen molar-refractivity contribution in [1.29, 1.82) is 0 Å². The fourth-order valence-electron chi connectivity index (χ4n) is 1.41. The lowest BCUT2D eigenvalue weighted by Gasteiger charge is -2.05. The van der Waals surface area contributed by atoms with Crippen LogP contribution in [0.3, 0.4) is 0 Å². The molecule has 1 heteroatoms. The minimum absolute atomic E-state index is 0.358. The van der Waals surface area contributed by atoms with Crippen molar-refractivity contribution in [3.63, 3.8) is 0 Å². The fraction of sp³-hybridized carbons (Fsp3) is 0.154. The molecule has 0 saturated heterocycles. The second kappa shape index (κ2) is 3.62. The maximum atomic E-state index is 7.57. The molecule has 2 rings (SSSR count). The van der Waals surface area contributed by atoms with Crippen molar-refractivity contribution in [3.05, 3.63) is 53.9 Å². The normalized spacial score (nSPS) is 14.2. The van der Waals surface area contributed by atoms with Gasteiger partial charge in [-0.25, -0.2) is 0 Å². The van der Waals surface area contributed by atoms with Crippen LogP contribution in [-0.4, -0.2) is 4.98 Å². The molecule has 0 unspecified atom stereocenters. The van der Waals surface area contributed by atoms with Gasteiger partial charge in [-0.15, -0.1) is 0 Å². The summed E-state index contributed by atoms with van der Waals surface area (Å²) in [5.41, 5.74) is 2.63. The predicted molar refractivity (Wildman–Crippen MR) is 59.1 cm³/mol. The smallest absolute Gasteiger partial charge is 0.0375 e. The first kappa shape index (κ1) is 5.97. The van der Waals surface area contributed by atoms with Crippen LogP contribution in [0.5, 0.6) is 0 Å². The van der Waals surface area contributed by atoms with Gasteiger partial charge in [-0.2, -0.15) is 0 Å². The molecule has 1 nitrogen and oxygen atoms in total. The van der Waals surface area contributed by atoms with Crippen molar-refractivity contribution < 1.29 is 4.11 Å². The Hall–Kier alpha value is -1.63. The number of aromatic nitrogens is 1. The van der Waals surface area contributed by atoms with Crippen molar-refractivity contribution >= 4 is 0 Å². The van der Waals surface area contributed by atoms with Gasteiger partial charge in [0, 0.05) is 21.6 Å². The number of hydrogen-bond donors (Lipinski definition) is 0. The molecular weight excluding hydrogens is 170 g/mol. The molecule has 1 heterocycles. The van der Waals surface area contributed by atoms with Gasteiger partial charge in [0.25, 0.3) is 0 Å². The molecular formula is C13H13N. The number of benzene rings is 1. The third kappa shape index (κ3) is 1.67. The quantitative estimate of drug-likeness (QED) is 0.665. The molecule has 0 atom stereocenters. The van der Waals surface area contributed by atoms with E-state index in [0.29, 0.717) is 11.1 Å². The Morgan fingerprint density at radius 2 is 2.00 bits per heavy atom. The molecule has 1 aromatic heterocycles. The van der Waals surface area contributed by atoms with E-state index in [4.69, 9.17) is 4.11 Å². The molecule has 0 radical (unpaired) electrons. The lowest BCUT2D eigenvalue weighted by Crippen LogP contribution is -1.87. The van der Waals surface area contributed by atoms with E-state index in [1.807, 2.05) is 30.3 Å². The molecule has 0 amide bonds. The minimum atomic E-state index is -2.11. The summed E-state index contributed by atoms with van der Waals surface area (Å²) in [6.45, 7) is -0.317. The van der Waals surface area contributed by atoms with E-state index in [0.717, 1.165) is 11.3 Å². The number of aryl methyl sites for hydroxylation is 2. The Morgan fingerprint density at radius 1 is 1.21 bits per heavy atom. The Morgan fingerprint density at radius 3 is 2.71 bits per heavy atom. The molecule has 0 N–H and O–H groups in total. The zero-order valence-corrected chi connectivity index (χ0v) is 7.99. The van der Waals surface area contributed by atoms with Gasteiger partial charge in [0.1, 0.15) is 0 Å². The maximum absolute atomic E-state index is 7.57. The van der Waals surface area contributed by atoms with Crippen LogP contribution < -0.4 is 0 Å². The van der Waals surface area contributed by atoms with Gasteiger partial charge in [-0.1, -0.05) is 30.3 Å². The van der Waals surface area contributed by atoms with Gasteiger partial charge < -0.3 is 0 Å². The van der Waals surface area contributed by atoms with Gasteiger partial charge in [0.15, 0.2) is 0 Å². The Labute approximate surface area is 88.7 Å². The molecule has 0 aliphatic rings. The highest BCUT2D eigenvalue weighted by molar-refractivity contribution is 5.66. The standard InChI is InChI=1S/C13H13N/c1-10-8-11(2)14-9-13(10)12-6-4-3-5-7-12/h3-9H,1-2H3/i1D3. The van der Waals surface area contributed by atoms with Crippen LogP contribution in [0.4, 0.5) is 0 Å². The van der Waals surface area contributed by atoms with Crippen LogP contribution >= 0.6 is 0 Å². The van der Waals surface area contributed by atoms with Crippen molar-refractivity contribution in [2.45, 2.75) is 13.8 Å². The Kier molecular flexibility index (Phi) is 1.54. The van der Waals surface area contributed by atoms with E-state index in [2.05, 4.69) is 4.98 Å². The van der Waals surface area contributed by atoms with Crippen LogP contribution in [0.2, 0.25) is 0 Å². The summed E-state index contributed by atoms with van der Waals surface area (Å²) in [5.74, 6) is 0. The first-order chi connectivity index (χ1) is 7.98. The summed E-state index contributed by atoms with van der Waals surface area (Å²) in [7, 11) is 0. The molecule has 0 bridgehead atoms. The van der Waals surface area contributed by atoms with Crippen LogP contribution in [0, 0.1) is 13.8 Å². The summed E-state index contributed by atoms with van der Waals surface area (Å²) in [6, 6.07) is 11.1. The largest absolute Gasteiger partial charge is 0.261 e. The van der Waals surface area contributed by atoms with E-state index in [-0.39, 0.29) is 0 Å². The topological polar surface area (TPSA) is 12.9 Å². The van der Waals surface area contributed by atoms with Crippen molar-refractivity contribution in [1.82, 2.24) is 4.98 Å². The second-order valence-corrected chi connectivity index (χ2v) is 3.24. The molecule has 0 aliphatic carbocycles. The van der Waals surface area contributed by atoms with E-state index < -0.39 is 6.85 Å². The van der Waals surface area contributed by atoms with Gasteiger partial charge >= 0.3 is 0 Å². The SMILES string of the molecule is [2H]C([2H])([2H])c1cc(C)ncc1-c1ccccc1. The zero-order chi connectivity index (χ0) is 12.5. The van der Waals surface area contributed by atoms with Crippen LogP contribution in [-0.2, 0) is 0 Å².